The van der Waals surface area contributed by atoms with Gasteiger partial charge in [-0.05, 0) is 29.8 Å². The fraction of sp³-hybridized carbons (Fsp3) is 0.192. The van der Waals surface area contributed by atoms with Crippen LogP contribution in [0.5, 0.6) is 11.5 Å². The lowest BCUT2D eigenvalue weighted by Gasteiger charge is -2.31. The second-order valence-corrected chi connectivity index (χ2v) is 7.74. The zero-order valence-electron chi connectivity index (χ0n) is 19.4. The van der Waals surface area contributed by atoms with Crippen molar-refractivity contribution in [2.45, 2.75) is 6.04 Å². The van der Waals surface area contributed by atoms with Gasteiger partial charge in [0, 0.05) is 25.4 Å². The SMILES string of the molecule is COCCNC(=O)[C@H](c1ccccc1)N(C(=O)C(=O)Nc1ccccc1F)c1ccc2c(c1)OCO2. The fourth-order valence-corrected chi connectivity index (χ4v) is 3.69. The number of hydrogen-bond acceptors (Lipinski definition) is 6. The molecular formula is C26H24FN3O6. The summed E-state index contributed by atoms with van der Waals surface area (Å²) in [5.41, 5.74) is 0.503. The molecule has 10 heteroatoms. The Morgan fingerprint density at radius 1 is 1.00 bits per heavy atom. The largest absolute Gasteiger partial charge is 0.454 e. The molecule has 1 aliphatic heterocycles. The topological polar surface area (TPSA) is 106 Å². The molecule has 0 spiro atoms. The normalized spacial score (nSPS) is 12.5. The predicted octanol–water partition coefficient (Wildman–Crippen LogP) is 3.03. The third-order valence-electron chi connectivity index (χ3n) is 5.40. The van der Waals surface area contributed by atoms with Crippen molar-refractivity contribution in [3.8, 4) is 11.5 Å². The maximum atomic E-state index is 14.2. The van der Waals surface area contributed by atoms with Crippen LogP contribution in [0, 0.1) is 5.82 Å². The monoisotopic (exact) mass is 493 g/mol. The van der Waals surface area contributed by atoms with E-state index in [4.69, 9.17) is 14.2 Å². The van der Waals surface area contributed by atoms with Crippen LogP contribution < -0.4 is 25.0 Å². The Morgan fingerprint density at radius 3 is 2.47 bits per heavy atom. The number of ether oxygens (including phenoxy) is 3. The molecule has 0 unspecified atom stereocenters. The van der Waals surface area contributed by atoms with E-state index in [2.05, 4.69) is 10.6 Å². The van der Waals surface area contributed by atoms with Gasteiger partial charge in [-0.2, -0.15) is 0 Å². The average molecular weight is 493 g/mol. The van der Waals surface area contributed by atoms with Crippen molar-refractivity contribution in [2.24, 2.45) is 0 Å². The molecule has 0 saturated heterocycles. The van der Waals surface area contributed by atoms with E-state index in [-0.39, 0.29) is 31.3 Å². The molecule has 1 atom stereocenters. The molecule has 36 heavy (non-hydrogen) atoms. The van der Waals surface area contributed by atoms with E-state index < -0.39 is 29.6 Å². The maximum absolute atomic E-state index is 14.2. The summed E-state index contributed by atoms with van der Waals surface area (Å²) >= 11 is 0. The molecule has 0 fully saturated rings. The van der Waals surface area contributed by atoms with Gasteiger partial charge in [0.2, 0.25) is 12.7 Å². The molecule has 1 aliphatic rings. The van der Waals surface area contributed by atoms with E-state index >= 15 is 0 Å². The standard InChI is InChI=1S/C26H24FN3O6/c1-34-14-13-28-24(31)23(17-7-3-2-4-8-17)30(18-11-12-21-22(15-18)36-16-35-21)26(33)25(32)29-20-10-6-5-9-19(20)27/h2-12,15,23H,13-14,16H2,1H3,(H,28,31)(H,29,32)/t23-/m0/s1. The minimum absolute atomic E-state index is 0.000120. The molecule has 186 valence electrons. The lowest BCUT2D eigenvalue weighted by molar-refractivity contribution is -0.135. The number of carbonyl (C=O) groups is 3. The highest BCUT2D eigenvalue weighted by molar-refractivity contribution is 6.45. The molecule has 9 nitrogen and oxygen atoms in total. The smallest absolute Gasteiger partial charge is 0.317 e. The Morgan fingerprint density at radius 2 is 1.72 bits per heavy atom. The summed E-state index contributed by atoms with van der Waals surface area (Å²) in [6.45, 7) is 0.433. The second-order valence-electron chi connectivity index (χ2n) is 7.74. The van der Waals surface area contributed by atoms with Crippen molar-refractivity contribution in [3.05, 3.63) is 84.2 Å². The van der Waals surface area contributed by atoms with Gasteiger partial charge in [0.25, 0.3) is 0 Å². The number of halogens is 1. The molecule has 1 heterocycles. The Balaban J connectivity index is 1.76. The summed E-state index contributed by atoms with van der Waals surface area (Å²) in [5.74, 6) is -2.63. The van der Waals surface area contributed by atoms with E-state index in [1.165, 1.54) is 31.4 Å². The van der Waals surface area contributed by atoms with Crippen LogP contribution in [-0.4, -0.2) is 44.8 Å². The van der Waals surface area contributed by atoms with Crippen LogP contribution in [0.15, 0.2) is 72.8 Å². The summed E-state index contributed by atoms with van der Waals surface area (Å²) in [7, 11) is 1.50. The molecule has 0 aromatic heterocycles. The van der Waals surface area contributed by atoms with Crippen molar-refractivity contribution >= 4 is 29.1 Å². The van der Waals surface area contributed by atoms with Crippen molar-refractivity contribution in [3.63, 3.8) is 0 Å². The number of rotatable bonds is 8. The summed E-state index contributed by atoms with van der Waals surface area (Å²) < 4.78 is 30.0. The number of fused-ring (bicyclic) bond motifs is 1. The van der Waals surface area contributed by atoms with Crippen molar-refractivity contribution < 1.29 is 33.0 Å². The van der Waals surface area contributed by atoms with Crippen LogP contribution in [0.3, 0.4) is 0 Å². The lowest BCUT2D eigenvalue weighted by atomic mass is 10.0. The molecule has 0 saturated carbocycles. The highest BCUT2D eigenvalue weighted by Crippen LogP contribution is 2.38. The molecule has 3 aromatic rings. The first-order valence-corrected chi connectivity index (χ1v) is 11.1. The number of methoxy groups -OCH3 is 1. The number of nitrogens with one attached hydrogen (secondary N) is 2. The van der Waals surface area contributed by atoms with Crippen molar-refractivity contribution in [1.29, 1.82) is 0 Å². The van der Waals surface area contributed by atoms with Gasteiger partial charge in [-0.25, -0.2) is 4.39 Å². The summed E-state index contributed by atoms with van der Waals surface area (Å²) in [6, 6.07) is 17.4. The van der Waals surface area contributed by atoms with E-state index in [9.17, 15) is 18.8 Å². The Bertz CT molecular complexity index is 1250. The van der Waals surface area contributed by atoms with Gasteiger partial charge < -0.3 is 24.8 Å². The molecule has 0 radical (unpaired) electrons. The van der Waals surface area contributed by atoms with Crippen LogP contribution >= 0.6 is 0 Å². The third-order valence-corrected chi connectivity index (χ3v) is 5.40. The first kappa shape index (κ1) is 24.7. The van der Waals surface area contributed by atoms with Gasteiger partial charge in [0.1, 0.15) is 11.9 Å². The van der Waals surface area contributed by atoms with Crippen molar-refractivity contribution in [1.82, 2.24) is 5.32 Å². The van der Waals surface area contributed by atoms with Gasteiger partial charge in [-0.15, -0.1) is 0 Å². The number of carbonyl (C=O) groups excluding carboxylic acids is 3. The van der Waals surface area contributed by atoms with Gasteiger partial charge in [0.15, 0.2) is 11.5 Å². The zero-order chi connectivity index (χ0) is 25.5. The summed E-state index contributed by atoms with van der Waals surface area (Å²) in [4.78, 5) is 41.1. The van der Waals surface area contributed by atoms with Gasteiger partial charge in [-0.3, -0.25) is 19.3 Å². The molecule has 3 aromatic carbocycles. The minimum atomic E-state index is -1.23. The number of para-hydroxylation sites is 1. The van der Waals surface area contributed by atoms with Crippen LogP contribution in [0.2, 0.25) is 0 Å². The highest BCUT2D eigenvalue weighted by Gasteiger charge is 2.36. The van der Waals surface area contributed by atoms with Gasteiger partial charge >= 0.3 is 11.8 Å². The molecule has 2 N–H and O–H groups in total. The minimum Gasteiger partial charge on any atom is -0.454 e. The highest BCUT2D eigenvalue weighted by atomic mass is 19.1. The Kier molecular flexibility index (Phi) is 7.76. The fourth-order valence-electron chi connectivity index (χ4n) is 3.69. The number of benzene rings is 3. The lowest BCUT2D eigenvalue weighted by Crippen LogP contribution is -2.48. The molecule has 0 bridgehead atoms. The third kappa shape index (κ3) is 5.44. The van der Waals surface area contributed by atoms with Gasteiger partial charge in [-0.1, -0.05) is 42.5 Å². The summed E-state index contributed by atoms with van der Waals surface area (Å²) in [5, 5.41) is 5.03. The number of nitrogens with zero attached hydrogens (tertiary/aromatic N) is 1. The molecular weight excluding hydrogens is 469 g/mol. The van der Waals surface area contributed by atoms with Crippen LogP contribution in [-0.2, 0) is 19.1 Å². The number of anilines is 2. The van der Waals surface area contributed by atoms with Crippen LogP contribution in [0.1, 0.15) is 11.6 Å². The van der Waals surface area contributed by atoms with Crippen molar-refractivity contribution in [2.75, 3.05) is 37.3 Å². The first-order valence-electron chi connectivity index (χ1n) is 11.1. The average Bonchev–Trinajstić information content (AvgIpc) is 3.36. The number of amides is 3. The Labute approximate surface area is 206 Å². The van der Waals surface area contributed by atoms with Gasteiger partial charge in [0.05, 0.1) is 12.3 Å². The molecule has 4 rings (SSSR count). The molecule has 0 aliphatic carbocycles. The van der Waals surface area contributed by atoms with Crippen LogP contribution in [0.4, 0.5) is 15.8 Å². The summed E-state index contributed by atoms with van der Waals surface area (Å²) in [6.07, 6.45) is 0. The maximum Gasteiger partial charge on any atom is 0.317 e. The second kappa shape index (κ2) is 11.3. The first-order chi connectivity index (χ1) is 17.5. The van der Waals surface area contributed by atoms with E-state index in [0.717, 1.165) is 11.0 Å². The zero-order valence-corrected chi connectivity index (χ0v) is 19.4. The van der Waals surface area contributed by atoms with E-state index in [0.29, 0.717) is 17.1 Å². The molecule has 3 amide bonds. The van der Waals surface area contributed by atoms with E-state index in [1.54, 1.807) is 42.5 Å². The predicted molar refractivity (Wildman–Crippen MR) is 129 cm³/mol. The van der Waals surface area contributed by atoms with E-state index in [1.807, 2.05) is 0 Å². The van der Waals surface area contributed by atoms with Crippen LogP contribution in [0.25, 0.3) is 0 Å². The quantitative estimate of drug-likeness (QED) is 0.369. The number of hydrogen-bond donors (Lipinski definition) is 2. The Hall–Kier alpha value is -4.44.